The van der Waals surface area contributed by atoms with Gasteiger partial charge in [-0.05, 0) is 30.5 Å². The number of rotatable bonds is 4. The molecule has 1 aromatic carbocycles. The van der Waals surface area contributed by atoms with Gasteiger partial charge in [-0.1, -0.05) is 6.07 Å². The molecule has 3 rings (SSSR count). The minimum absolute atomic E-state index is 0.0113. The van der Waals surface area contributed by atoms with Crippen LogP contribution in [0.3, 0.4) is 0 Å². The maximum Gasteiger partial charge on any atom is 0.224 e. The quantitative estimate of drug-likeness (QED) is 0.901. The SMILES string of the molecule is O=C(Cc1ccc2c(c1)OCCO2)NC[C@H]1CCCO1. The summed E-state index contributed by atoms with van der Waals surface area (Å²) in [6.45, 7) is 2.54. The molecule has 1 atom stereocenters. The van der Waals surface area contributed by atoms with Gasteiger partial charge in [-0.25, -0.2) is 0 Å². The molecule has 108 valence electrons. The second-order valence-corrected chi connectivity index (χ2v) is 5.09. The number of fused-ring (bicyclic) bond motifs is 1. The van der Waals surface area contributed by atoms with Crippen molar-refractivity contribution < 1.29 is 19.0 Å². The highest BCUT2D eigenvalue weighted by atomic mass is 16.6. The van der Waals surface area contributed by atoms with E-state index in [-0.39, 0.29) is 12.0 Å². The van der Waals surface area contributed by atoms with Gasteiger partial charge >= 0.3 is 0 Å². The number of nitrogens with one attached hydrogen (secondary N) is 1. The molecule has 20 heavy (non-hydrogen) atoms. The summed E-state index contributed by atoms with van der Waals surface area (Å²) in [6, 6.07) is 5.64. The van der Waals surface area contributed by atoms with Crippen LogP contribution in [0.25, 0.3) is 0 Å². The number of benzene rings is 1. The second-order valence-electron chi connectivity index (χ2n) is 5.09. The lowest BCUT2D eigenvalue weighted by atomic mass is 10.1. The van der Waals surface area contributed by atoms with Crippen LogP contribution in [0.2, 0.25) is 0 Å². The number of hydrogen-bond acceptors (Lipinski definition) is 4. The molecule has 0 aliphatic carbocycles. The predicted molar refractivity (Wildman–Crippen MR) is 73.1 cm³/mol. The van der Waals surface area contributed by atoms with Crippen molar-refractivity contribution in [2.75, 3.05) is 26.4 Å². The largest absolute Gasteiger partial charge is 0.486 e. The van der Waals surface area contributed by atoms with E-state index < -0.39 is 0 Å². The molecule has 1 N–H and O–H groups in total. The van der Waals surface area contributed by atoms with Crippen LogP contribution >= 0.6 is 0 Å². The Labute approximate surface area is 118 Å². The van der Waals surface area contributed by atoms with Gasteiger partial charge in [-0.2, -0.15) is 0 Å². The van der Waals surface area contributed by atoms with E-state index in [0.29, 0.717) is 26.2 Å². The van der Waals surface area contributed by atoms with E-state index >= 15 is 0 Å². The zero-order valence-electron chi connectivity index (χ0n) is 11.4. The van der Waals surface area contributed by atoms with Gasteiger partial charge in [0.2, 0.25) is 5.91 Å². The monoisotopic (exact) mass is 277 g/mol. The van der Waals surface area contributed by atoms with Crippen molar-refractivity contribution in [1.82, 2.24) is 5.32 Å². The number of carbonyl (C=O) groups excluding carboxylic acids is 1. The summed E-state index contributed by atoms with van der Waals surface area (Å²) in [5.41, 5.74) is 0.930. The van der Waals surface area contributed by atoms with Crippen LogP contribution in [0.1, 0.15) is 18.4 Å². The van der Waals surface area contributed by atoms with Crippen molar-refractivity contribution in [3.05, 3.63) is 23.8 Å². The van der Waals surface area contributed by atoms with Crippen LogP contribution in [0, 0.1) is 0 Å². The summed E-state index contributed by atoms with van der Waals surface area (Å²) in [6.07, 6.45) is 2.65. The van der Waals surface area contributed by atoms with Gasteiger partial charge in [0.15, 0.2) is 11.5 Å². The Morgan fingerprint density at radius 1 is 1.20 bits per heavy atom. The highest BCUT2D eigenvalue weighted by molar-refractivity contribution is 5.78. The Bertz CT molecular complexity index is 483. The van der Waals surface area contributed by atoms with Crippen molar-refractivity contribution in [2.24, 2.45) is 0 Å². The average Bonchev–Trinajstić information content (AvgIpc) is 2.98. The molecule has 1 aromatic rings. The lowest BCUT2D eigenvalue weighted by molar-refractivity contribution is -0.120. The fourth-order valence-electron chi connectivity index (χ4n) is 2.48. The van der Waals surface area contributed by atoms with Crippen LogP contribution in [0.5, 0.6) is 11.5 Å². The molecule has 2 aliphatic rings. The van der Waals surface area contributed by atoms with E-state index in [1.165, 1.54) is 0 Å². The molecule has 1 amide bonds. The lowest BCUT2D eigenvalue weighted by Gasteiger charge is -2.18. The van der Waals surface area contributed by atoms with Crippen molar-refractivity contribution in [3.8, 4) is 11.5 Å². The van der Waals surface area contributed by atoms with Gasteiger partial charge in [0.1, 0.15) is 13.2 Å². The molecule has 2 heterocycles. The van der Waals surface area contributed by atoms with E-state index in [2.05, 4.69) is 5.32 Å². The molecule has 5 heteroatoms. The molecule has 0 unspecified atom stereocenters. The fraction of sp³-hybridized carbons (Fsp3) is 0.533. The maximum absolute atomic E-state index is 11.9. The van der Waals surface area contributed by atoms with Crippen LogP contribution in [0.15, 0.2) is 18.2 Å². The zero-order valence-corrected chi connectivity index (χ0v) is 11.4. The molecule has 1 fully saturated rings. The summed E-state index contributed by atoms with van der Waals surface area (Å²) in [7, 11) is 0. The Kier molecular flexibility index (Phi) is 4.06. The number of carbonyl (C=O) groups is 1. The second kappa shape index (κ2) is 6.13. The molecule has 0 spiro atoms. The van der Waals surface area contributed by atoms with E-state index in [1.54, 1.807) is 0 Å². The van der Waals surface area contributed by atoms with Crippen LogP contribution in [-0.4, -0.2) is 38.4 Å². The molecule has 0 aromatic heterocycles. The molecular formula is C15H19NO4. The Balaban J connectivity index is 1.52. The van der Waals surface area contributed by atoms with Crippen LogP contribution in [-0.2, 0) is 16.0 Å². The number of amides is 1. The molecule has 0 bridgehead atoms. The maximum atomic E-state index is 11.9. The first-order valence-electron chi connectivity index (χ1n) is 7.08. The van der Waals surface area contributed by atoms with Gasteiger partial charge in [-0.3, -0.25) is 4.79 Å². The number of hydrogen-bond donors (Lipinski definition) is 1. The predicted octanol–water partition coefficient (Wildman–Crippen LogP) is 1.30. The standard InChI is InChI=1S/C15H19NO4/c17-15(16-10-12-2-1-5-18-12)9-11-3-4-13-14(8-11)20-7-6-19-13/h3-4,8,12H,1-2,5-7,9-10H2,(H,16,17)/t12-/m1/s1. The Morgan fingerprint density at radius 2 is 2.05 bits per heavy atom. The molecular weight excluding hydrogens is 258 g/mol. The lowest BCUT2D eigenvalue weighted by Crippen LogP contribution is -2.32. The van der Waals surface area contributed by atoms with Crippen molar-refractivity contribution in [3.63, 3.8) is 0 Å². The van der Waals surface area contributed by atoms with Crippen LogP contribution < -0.4 is 14.8 Å². The molecule has 0 radical (unpaired) electrons. The third kappa shape index (κ3) is 3.22. The molecule has 1 saturated heterocycles. The van der Waals surface area contributed by atoms with Crippen molar-refractivity contribution >= 4 is 5.91 Å². The summed E-state index contributed by atoms with van der Waals surface area (Å²) in [4.78, 5) is 11.9. The highest BCUT2D eigenvalue weighted by Gasteiger charge is 2.17. The van der Waals surface area contributed by atoms with Crippen LogP contribution in [0.4, 0.5) is 0 Å². The van der Waals surface area contributed by atoms with Gasteiger partial charge in [0.05, 0.1) is 12.5 Å². The van der Waals surface area contributed by atoms with E-state index in [9.17, 15) is 4.79 Å². The van der Waals surface area contributed by atoms with Gasteiger partial charge in [0.25, 0.3) is 0 Å². The zero-order chi connectivity index (χ0) is 13.8. The van der Waals surface area contributed by atoms with E-state index in [4.69, 9.17) is 14.2 Å². The average molecular weight is 277 g/mol. The van der Waals surface area contributed by atoms with Gasteiger partial charge in [-0.15, -0.1) is 0 Å². The Hall–Kier alpha value is -1.75. The summed E-state index contributed by atoms with van der Waals surface area (Å²) in [5, 5.41) is 2.92. The minimum atomic E-state index is 0.0113. The third-order valence-corrected chi connectivity index (χ3v) is 3.52. The molecule has 0 saturated carbocycles. The summed E-state index contributed by atoms with van der Waals surface area (Å²) < 4.78 is 16.4. The molecule has 5 nitrogen and oxygen atoms in total. The first-order valence-corrected chi connectivity index (χ1v) is 7.08. The first-order chi connectivity index (χ1) is 9.81. The number of ether oxygens (including phenoxy) is 3. The minimum Gasteiger partial charge on any atom is -0.486 e. The van der Waals surface area contributed by atoms with Gasteiger partial charge in [0, 0.05) is 13.2 Å². The fourth-order valence-corrected chi connectivity index (χ4v) is 2.48. The summed E-state index contributed by atoms with van der Waals surface area (Å²) in [5.74, 6) is 1.48. The normalized spacial score (nSPS) is 20.7. The smallest absolute Gasteiger partial charge is 0.224 e. The van der Waals surface area contributed by atoms with Crippen molar-refractivity contribution in [1.29, 1.82) is 0 Å². The highest BCUT2D eigenvalue weighted by Crippen LogP contribution is 2.30. The summed E-state index contributed by atoms with van der Waals surface area (Å²) >= 11 is 0. The first kappa shape index (κ1) is 13.2. The van der Waals surface area contributed by atoms with E-state index in [1.807, 2.05) is 18.2 Å². The molecule has 2 aliphatic heterocycles. The van der Waals surface area contributed by atoms with Gasteiger partial charge < -0.3 is 19.5 Å². The Morgan fingerprint density at radius 3 is 2.85 bits per heavy atom. The topological polar surface area (TPSA) is 56.8 Å². The third-order valence-electron chi connectivity index (χ3n) is 3.52. The van der Waals surface area contributed by atoms with E-state index in [0.717, 1.165) is 36.5 Å². The van der Waals surface area contributed by atoms with Crippen molar-refractivity contribution in [2.45, 2.75) is 25.4 Å².